The first-order chi connectivity index (χ1) is 7.55. The first-order valence-electron chi connectivity index (χ1n) is 6.60. The highest BCUT2D eigenvalue weighted by atomic mass is 16.2. The van der Waals surface area contributed by atoms with E-state index in [1.807, 2.05) is 25.7 Å². The Balaban J connectivity index is 4.74. The first-order valence-corrected chi connectivity index (χ1v) is 6.60. The lowest BCUT2D eigenvalue weighted by Gasteiger charge is -2.34. The third-order valence-electron chi connectivity index (χ3n) is 2.68. The molecule has 0 aliphatic rings. The predicted molar refractivity (Wildman–Crippen MR) is 73.7 cm³/mol. The van der Waals surface area contributed by atoms with Crippen LogP contribution < -0.4 is 5.73 Å². The maximum atomic E-state index is 12.4. The van der Waals surface area contributed by atoms with Gasteiger partial charge in [0, 0.05) is 13.1 Å². The van der Waals surface area contributed by atoms with Crippen molar-refractivity contribution in [2.45, 2.75) is 54.5 Å². The van der Waals surface area contributed by atoms with E-state index < -0.39 is 6.04 Å². The van der Waals surface area contributed by atoms with Crippen LogP contribution in [0.1, 0.15) is 48.5 Å². The molecular formula is C14H30N2O. The smallest absolute Gasteiger partial charge is 0.240 e. The minimum Gasteiger partial charge on any atom is -0.341 e. The highest BCUT2D eigenvalue weighted by Gasteiger charge is 2.31. The molecule has 2 N–H and O–H groups in total. The average molecular weight is 242 g/mol. The van der Waals surface area contributed by atoms with Crippen LogP contribution in [0.5, 0.6) is 0 Å². The minimum absolute atomic E-state index is 0.0832. The molecule has 17 heavy (non-hydrogen) atoms. The molecule has 0 heterocycles. The molecule has 0 spiro atoms. The Morgan fingerprint density at radius 2 is 1.41 bits per heavy atom. The molecule has 3 nitrogen and oxygen atoms in total. The van der Waals surface area contributed by atoms with E-state index in [0.29, 0.717) is 11.8 Å². The van der Waals surface area contributed by atoms with Gasteiger partial charge >= 0.3 is 0 Å². The van der Waals surface area contributed by atoms with Gasteiger partial charge in [0.15, 0.2) is 0 Å². The SMILES string of the molecule is CC(C)CN(CC(C)C)C(=O)[C@@H](N)C(C)(C)C. The van der Waals surface area contributed by atoms with Crippen LogP contribution in [0.15, 0.2) is 0 Å². The Kier molecular flexibility index (Phi) is 6.17. The van der Waals surface area contributed by atoms with Crippen molar-refractivity contribution in [2.75, 3.05) is 13.1 Å². The Labute approximate surface area is 107 Å². The van der Waals surface area contributed by atoms with Gasteiger partial charge in [0.1, 0.15) is 0 Å². The summed E-state index contributed by atoms with van der Waals surface area (Å²) in [6.07, 6.45) is 0. The van der Waals surface area contributed by atoms with Gasteiger partial charge in [-0.05, 0) is 17.3 Å². The molecule has 0 fully saturated rings. The van der Waals surface area contributed by atoms with Crippen molar-refractivity contribution >= 4 is 5.91 Å². The number of hydrogen-bond donors (Lipinski definition) is 1. The van der Waals surface area contributed by atoms with E-state index in [0.717, 1.165) is 13.1 Å². The van der Waals surface area contributed by atoms with Gasteiger partial charge in [-0.3, -0.25) is 4.79 Å². The summed E-state index contributed by atoms with van der Waals surface area (Å²) in [5, 5.41) is 0. The lowest BCUT2D eigenvalue weighted by Crippen LogP contribution is -2.52. The van der Waals surface area contributed by atoms with Crippen molar-refractivity contribution in [3.05, 3.63) is 0 Å². The fraction of sp³-hybridized carbons (Fsp3) is 0.929. The van der Waals surface area contributed by atoms with Crippen LogP contribution in [0.2, 0.25) is 0 Å². The molecule has 1 atom stereocenters. The first kappa shape index (κ1) is 16.4. The van der Waals surface area contributed by atoms with E-state index in [-0.39, 0.29) is 11.3 Å². The van der Waals surface area contributed by atoms with Crippen molar-refractivity contribution in [1.82, 2.24) is 4.90 Å². The summed E-state index contributed by atoms with van der Waals surface area (Å²) < 4.78 is 0. The number of rotatable bonds is 5. The van der Waals surface area contributed by atoms with Crippen molar-refractivity contribution in [1.29, 1.82) is 0 Å². The molecule has 0 aliphatic carbocycles. The Bertz CT molecular complexity index is 231. The topological polar surface area (TPSA) is 46.3 Å². The van der Waals surface area contributed by atoms with Gasteiger partial charge in [-0.1, -0.05) is 48.5 Å². The van der Waals surface area contributed by atoms with Crippen molar-refractivity contribution in [2.24, 2.45) is 23.0 Å². The lowest BCUT2D eigenvalue weighted by molar-refractivity contribution is -0.136. The Morgan fingerprint density at radius 3 is 1.65 bits per heavy atom. The third kappa shape index (κ3) is 6.06. The summed E-state index contributed by atoms with van der Waals surface area (Å²) in [4.78, 5) is 14.3. The van der Waals surface area contributed by atoms with Gasteiger partial charge in [0.05, 0.1) is 6.04 Å². The molecule has 0 saturated heterocycles. The lowest BCUT2D eigenvalue weighted by atomic mass is 9.86. The van der Waals surface area contributed by atoms with Crippen LogP contribution in [0.4, 0.5) is 0 Å². The van der Waals surface area contributed by atoms with Crippen molar-refractivity contribution < 1.29 is 4.79 Å². The second kappa shape index (κ2) is 6.39. The van der Waals surface area contributed by atoms with Crippen LogP contribution >= 0.6 is 0 Å². The third-order valence-corrected chi connectivity index (χ3v) is 2.68. The summed E-state index contributed by atoms with van der Waals surface area (Å²) in [7, 11) is 0. The average Bonchev–Trinajstić information content (AvgIpc) is 2.11. The van der Waals surface area contributed by atoms with E-state index in [9.17, 15) is 4.79 Å². The van der Waals surface area contributed by atoms with E-state index in [1.165, 1.54) is 0 Å². The molecule has 0 radical (unpaired) electrons. The van der Waals surface area contributed by atoms with Crippen molar-refractivity contribution in [3.8, 4) is 0 Å². The number of nitrogens with zero attached hydrogens (tertiary/aromatic N) is 1. The molecule has 0 unspecified atom stereocenters. The second-order valence-corrected chi connectivity index (χ2v) is 6.87. The van der Waals surface area contributed by atoms with E-state index >= 15 is 0 Å². The van der Waals surface area contributed by atoms with Crippen LogP contribution in [0.25, 0.3) is 0 Å². The van der Waals surface area contributed by atoms with Crippen LogP contribution in [-0.2, 0) is 4.79 Å². The van der Waals surface area contributed by atoms with Gasteiger partial charge in [-0.2, -0.15) is 0 Å². The standard InChI is InChI=1S/C14H30N2O/c1-10(2)8-16(9-11(3)4)13(17)12(15)14(5,6)7/h10-12H,8-9,15H2,1-7H3/t12-/m1/s1. The normalized spacial score (nSPS) is 14.2. The predicted octanol–water partition coefficient (Wildman–Crippen LogP) is 2.50. The van der Waals surface area contributed by atoms with E-state index in [1.54, 1.807) is 0 Å². The van der Waals surface area contributed by atoms with Gasteiger partial charge < -0.3 is 10.6 Å². The highest BCUT2D eigenvalue weighted by Crippen LogP contribution is 2.20. The zero-order valence-electron chi connectivity index (χ0n) is 12.6. The number of carbonyl (C=O) groups excluding carboxylic acids is 1. The fourth-order valence-electron chi connectivity index (χ4n) is 1.70. The number of hydrogen-bond acceptors (Lipinski definition) is 2. The van der Waals surface area contributed by atoms with Gasteiger partial charge in [0.25, 0.3) is 0 Å². The molecule has 0 aromatic carbocycles. The summed E-state index contributed by atoms with van der Waals surface area (Å²) >= 11 is 0. The molecule has 1 amide bonds. The van der Waals surface area contributed by atoms with Crippen molar-refractivity contribution in [3.63, 3.8) is 0 Å². The summed E-state index contributed by atoms with van der Waals surface area (Å²) in [5.41, 5.74) is 5.88. The largest absolute Gasteiger partial charge is 0.341 e. The molecule has 0 aliphatic heterocycles. The van der Waals surface area contributed by atoms with Crippen LogP contribution in [0, 0.1) is 17.3 Å². The molecule has 0 saturated carbocycles. The molecule has 0 bridgehead atoms. The zero-order chi connectivity index (χ0) is 13.8. The number of carbonyl (C=O) groups is 1. The summed E-state index contributed by atoms with van der Waals surface area (Å²) in [6, 6.07) is -0.417. The highest BCUT2D eigenvalue weighted by molar-refractivity contribution is 5.82. The second-order valence-electron chi connectivity index (χ2n) is 6.87. The maximum absolute atomic E-state index is 12.4. The van der Waals surface area contributed by atoms with Gasteiger partial charge in [-0.15, -0.1) is 0 Å². The quantitative estimate of drug-likeness (QED) is 0.805. The maximum Gasteiger partial charge on any atom is 0.240 e. The summed E-state index contributed by atoms with van der Waals surface area (Å²) in [5.74, 6) is 1.04. The molecular weight excluding hydrogens is 212 g/mol. The monoisotopic (exact) mass is 242 g/mol. The number of amides is 1. The van der Waals surface area contributed by atoms with Crippen LogP contribution in [0.3, 0.4) is 0 Å². The molecule has 0 aromatic heterocycles. The Morgan fingerprint density at radius 1 is 1.06 bits per heavy atom. The van der Waals surface area contributed by atoms with E-state index in [4.69, 9.17) is 5.73 Å². The zero-order valence-corrected chi connectivity index (χ0v) is 12.6. The van der Waals surface area contributed by atoms with Gasteiger partial charge in [0.2, 0.25) is 5.91 Å². The minimum atomic E-state index is -0.417. The number of nitrogens with two attached hydrogens (primary N) is 1. The molecule has 102 valence electrons. The molecule has 0 rings (SSSR count). The van der Waals surface area contributed by atoms with E-state index in [2.05, 4.69) is 27.7 Å². The Hall–Kier alpha value is -0.570. The molecule has 0 aromatic rings. The summed E-state index contributed by atoms with van der Waals surface area (Å²) in [6.45, 7) is 16.1. The fourth-order valence-corrected chi connectivity index (χ4v) is 1.70. The van der Waals surface area contributed by atoms with Crippen LogP contribution in [-0.4, -0.2) is 29.9 Å². The molecule has 3 heteroatoms. The van der Waals surface area contributed by atoms with Gasteiger partial charge in [-0.25, -0.2) is 0 Å².